The van der Waals surface area contributed by atoms with Crippen molar-refractivity contribution in [1.82, 2.24) is 20.2 Å². The molecule has 0 aliphatic rings. The van der Waals surface area contributed by atoms with Crippen molar-refractivity contribution < 1.29 is 9.90 Å². The number of thiophene rings is 1. The summed E-state index contributed by atoms with van der Waals surface area (Å²) in [7, 11) is 0. The summed E-state index contributed by atoms with van der Waals surface area (Å²) >= 11 is 1.53. The van der Waals surface area contributed by atoms with Gasteiger partial charge in [-0.2, -0.15) is 0 Å². The highest BCUT2D eigenvalue weighted by molar-refractivity contribution is 7.13. The van der Waals surface area contributed by atoms with E-state index >= 15 is 0 Å². The van der Waals surface area contributed by atoms with Gasteiger partial charge in [0.25, 0.3) is 0 Å². The van der Waals surface area contributed by atoms with E-state index in [0.717, 1.165) is 16.9 Å². The van der Waals surface area contributed by atoms with Crippen LogP contribution in [-0.2, 0) is 16.8 Å². The maximum atomic E-state index is 11.5. The average molecular weight is 280 g/mol. The third-order valence-electron chi connectivity index (χ3n) is 3.42. The molecule has 19 heavy (non-hydrogen) atoms. The largest absolute Gasteiger partial charge is 0.479 e. The SMILES string of the molecule is CCc1ccsc1-c1nnnn1C(C)(CC)C(=O)O. The first kappa shape index (κ1) is 13.7. The van der Waals surface area contributed by atoms with Crippen LogP contribution < -0.4 is 0 Å². The molecule has 2 aromatic rings. The summed E-state index contributed by atoms with van der Waals surface area (Å²) in [5, 5.41) is 23.0. The molecule has 102 valence electrons. The Kier molecular flexibility index (Phi) is 3.66. The van der Waals surface area contributed by atoms with Gasteiger partial charge in [-0.05, 0) is 47.2 Å². The van der Waals surface area contributed by atoms with Crippen LogP contribution in [0.25, 0.3) is 10.7 Å². The molecule has 0 bridgehead atoms. The van der Waals surface area contributed by atoms with E-state index in [1.165, 1.54) is 16.0 Å². The number of nitrogens with zero attached hydrogens (tertiary/aromatic N) is 4. The lowest BCUT2D eigenvalue weighted by molar-refractivity contribution is -0.147. The van der Waals surface area contributed by atoms with Crippen LogP contribution in [-0.4, -0.2) is 31.3 Å². The third kappa shape index (κ3) is 2.14. The minimum absolute atomic E-state index is 0.410. The Morgan fingerprint density at radius 1 is 1.53 bits per heavy atom. The number of tetrazole rings is 1. The number of hydrogen-bond donors (Lipinski definition) is 1. The number of carboxylic acid groups (broad SMARTS) is 1. The van der Waals surface area contributed by atoms with Crippen molar-refractivity contribution in [1.29, 1.82) is 0 Å². The van der Waals surface area contributed by atoms with Crippen molar-refractivity contribution in [3.8, 4) is 10.7 Å². The van der Waals surface area contributed by atoms with Crippen LogP contribution in [0.2, 0.25) is 0 Å². The third-order valence-corrected chi connectivity index (χ3v) is 4.37. The maximum absolute atomic E-state index is 11.5. The van der Waals surface area contributed by atoms with Crippen LogP contribution in [0.5, 0.6) is 0 Å². The molecule has 1 unspecified atom stereocenters. The van der Waals surface area contributed by atoms with Crippen LogP contribution in [0.1, 0.15) is 32.8 Å². The van der Waals surface area contributed by atoms with Gasteiger partial charge in [-0.3, -0.25) is 0 Å². The summed E-state index contributed by atoms with van der Waals surface area (Å²) in [5.41, 5.74) is -0.00159. The van der Waals surface area contributed by atoms with Gasteiger partial charge in [0.2, 0.25) is 0 Å². The van der Waals surface area contributed by atoms with Crippen LogP contribution in [0.3, 0.4) is 0 Å². The summed E-state index contributed by atoms with van der Waals surface area (Å²) in [5.74, 6) is -0.406. The molecule has 0 fully saturated rings. The Morgan fingerprint density at radius 3 is 2.84 bits per heavy atom. The highest BCUT2D eigenvalue weighted by atomic mass is 32.1. The van der Waals surface area contributed by atoms with Crippen molar-refractivity contribution in [2.75, 3.05) is 0 Å². The molecular weight excluding hydrogens is 264 g/mol. The van der Waals surface area contributed by atoms with Gasteiger partial charge in [0.15, 0.2) is 11.4 Å². The van der Waals surface area contributed by atoms with Crippen molar-refractivity contribution in [3.05, 3.63) is 17.0 Å². The van der Waals surface area contributed by atoms with Gasteiger partial charge in [0.1, 0.15) is 0 Å². The Morgan fingerprint density at radius 2 is 2.26 bits per heavy atom. The van der Waals surface area contributed by atoms with E-state index in [0.29, 0.717) is 12.2 Å². The number of aromatic nitrogens is 4. The number of hydrogen-bond acceptors (Lipinski definition) is 5. The van der Waals surface area contributed by atoms with E-state index in [-0.39, 0.29) is 0 Å². The highest BCUT2D eigenvalue weighted by Gasteiger charge is 2.37. The minimum Gasteiger partial charge on any atom is -0.479 e. The van der Waals surface area contributed by atoms with Gasteiger partial charge in [-0.25, -0.2) is 9.48 Å². The number of aliphatic carboxylic acids is 1. The predicted octanol–water partition coefficient (Wildman–Crippen LogP) is 2.17. The maximum Gasteiger partial charge on any atom is 0.331 e. The molecule has 0 aromatic carbocycles. The van der Waals surface area contributed by atoms with E-state index in [1.54, 1.807) is 6.92 Å². The second-order valence-electron chi connectivity index (χ2n) is 4.48. The second-order valence-corrected chi connectivity index (χ2v) is 5.39. The molecule has 0 saturated carbocycles. The Hall–Kier alpha value is -1.76. The molecule has 0 radical (unpaired) electrons. The average Bonchev–Trinajstić information content (AvgIpc) is 3.04. The zero-order chi connectivity index (χ0) is 14.0. The lowest BCUT2D eigenvalue weighted by Gasteiger charge is -2.23. The van der Waals surface area contributed by atoms with Gasteiger partial charge in [-0.15, -0.1) is 16.4 Å². The fourth-order valence-electron chi connectivity index (χ4n) is 1.86. The van der Waals surface area contributed by atoms with Crippen molar-refractivity contribution in [2.45, 2.75) is 39.2 Å². The smallest absolute Gasteiger partial charge is 0.331 e. The van der Waals surface area contributed by atoms with E-state index in [2.05, 4.69) is 22.4 Å². The quantitative estimate of drug-likeness (QED) is 0.907. The molecule has 0 aliphatic heterocycles. The molecule has 1 atom stereocenters. The topological polar surface area (TPSA) is 80.9 Å². The molecule has 0 saturated heterocycles. The summed E-state index contributed by atoms with van der Waals surface area (Å²) < 4.78 is 1.42. The van der Waals surface area contributed by atoms with Crippen molar-refractivity contribution in [2.24, 2.45) is 0 Å². The van der Waals surface area contributed by atoms with Gasteiger partial charge in [0, 0.05) is 0 Å². The van der Waals surface area contributed by atoms with Crippen LogP contribution in [0.4, 0.5) is 0 Å². The first-order valence-electron chi connectivity index (χ1n) is 6.13. The molecule has 1 N–H and O–H groups in total. The number of rotatable bonds is 5. The molecule has 6 nitrogen and oxygen atoms in total. The lowest BCUT2D eigenvalue weighted by Crippen LogP contribution is -2.39. The molecule has 2 aromatic heterocycles. The molecule has 0 spiro atoms. The molecule has 2 rings (SSSR count). The minimum atomic E-state index is -1.13. The van der Waals surface area contributed by atoms with E-state index < -0.39 is 11.5 Å². The summed E-state index contributed by atoms with van der Waals surface area (Å²) in [6, 6.07) is 2.02. The summed E-state index contributed by atoms with van der Waals surface area (Å²) in [6.45, 7) is 5.50. The van der Waals surface area contributed by atoms with Gasteiger partial charge in [-0.1, -0.05) is 13.8 Å². The zero-order valence-corrected chi connectivity index (χ0v) is 11.9. The Labute approximate surface area is 115 Å². The van der Waals surface area contributed by atoms with E-state index in [1.807, 2.05) is 18.4 Å². The van der Waals surface area contributed by atoms with Gasteiger partial charge < -0.3 is 5.11 Å². The number of aryl methyl sites for hydroxylation is 1. The van der Waals surface area contributed by atoms with Crippen LogP contribution >= 0.6 is 11.3 Å². The van der Waals surface area contributed by atoms with Gasteiger partial charge >= 0.3 is 5.97 Å². The van der Waals surface area contributed by atoms with E-state index in [9.17, 15) is 9.90 Å². The second kappa shape index (κ2) is 5.08. The van der Waals surface area contributed by atoms with Gasteiger partial charge in [0.05, 0.1) is 4.88 Å². The first-order valence-corrected chi connectivity index (χ1v) is 7.01. The zero-order valence-electron chi connectivity index (χ0n) is 11.1. The Bertz CT molecular complexity index is 592. The Balaban J connectivity index is 2.57. The standard InChI is InChI=1S/C12H16N4O2S/c1-4-8-6-7-19-9(8)10-13-14-15-16(10)12(3,5-2)11(17)18/h6-7H,4-5H2,1-3H3,(H,17,18). The summed E-state index contributed by atoms with van der Waals surface area (Å²) in [4.78, 5) is 12.5. The van der Waals surface area contributed by atoms with Crippen LogP contribution in [0.15, 0.2) is 11.4 Å². The fourth-order valence-corrected chi connectivity index (χ4v) is 2.83. The number of carboxylic acids is 1. The van der Waals surface area contributed by atoms with Crippen LogP contribution in [0, 0.1) is 0 Å². The normalized spacial score (nSPS) is 14.3. The molecule has 0 amide bonds. The van der Waals surface area contributed by atoms with E-state index in [4.69, 9.17) is 0 Å². The first-order chi connectivity index (χ1) is 9.04. The summed E-state index contributed by atoms with van der Waals surface area (Å²) in [6.07, 6.45) is 1.27. The lowest BCUT2D eigenvalue weighted by atomic mass is 9.99. The molecule has 0 aliphatic carbocycles. The van der Waals surface area contributed by atoms with Crippen molar-refractivity contribution >= 4 is 17.3 Å². The highest BCUT2D eigenvalue weighted by Crippen LogP contribution is 2.32. The van der Waals surface area contributed by atoms with Crippen molar-refractivity contribution in [3.63, 3.8) is 0 Å². The predicted molar refractivity (Wildman–Crippen MR) is 72.1 cm³/mol. The molecular formula is C12H16N4O2S. The molecule has 7 heteroatoms. The monoisotopic (exact) mass is 280 g/mol. The fraction of sp³-hybridized carbons (Fsp3) is 0.500. The molecule has 2 heterocycles. The number of carbonyl (C=O) groups is 1.